The average Bonchev–Trinajstić information content (AvgIpc) is 2.48. The van der Waals surface area contributed by atoms with Gasteiger partial charge in [-0.3, -0.25) is 0 Å². The highest BCUT2D eigenvalue weighted by molar-refractivity contribution is 6.33. The van der Waals surface area contributed by atoms with Gasteiger partial charge in [-0.15, -0.1) is 0 Å². The number of benzene rings is 2. The third-order valence-corrected chi connectivity index (χ3v) is 3.54. The summed E-state index contributed by atoms with van der Waals surface area (Å²) in [4.78, 5) is 0. The Hall–Kier alpha value is -1.98. The third kappa shape index (κ3) is 3.77. The zero-order chi connectivity index (χ0) is 15.4. The van der Waals surface area contributed by atoms with Gasteiger partial charge in [-0.05, 0) is 29.8 Å². The maximum atomic E-state index is 13.2. The highest BCUT2D eigenvalue weighted by Gasteiger charge is 2.07. The summed E-state index contributed by atoms with van der Waals surface area (Å²) >= 11 is 12.1. The van der Waals surface area contributed by atoms with Crippen molar-refractivity contribution >= 4 is 34.7 Å². The lowest BCUT2D eigenvalue weighted by Crippen LogP contribution is -2.13. The fraction of sp³-hybridized carbons (Fsp3) is 0.0714. The summed E-state index contributed by atoms with van der Waals surface area (Å²) in [5, 5.41) is 15.4. The van der Waals surface area contributed by atoms with E-state index in [4.69, 9.17) is 34.1 Å². The van der Waals surface area contributed by atoms with Gasteiger partial charge in [-0.25, -0.2) is 4.39 Å². The van der Waals surface area contributed by atoms with Crippen LogP contribution < -0.4 is 11.1 Å². The second-order valence-corrected chi connectivity index (χ2v) is 5.08. The van der Waals surface area contributed by atoms with Crippen LogP contribution in [0.15, 0.2) is 41.6 Å². The van der Waals surface area contributed by atoms with Crippen LogP contribution in [0.3, 0.4) is 0 Å². The molecule has 0 spiro atoms. The van der Waals surface area contributed by atoms with Crippen molar-refractivity contribution in [3.8, 4) is 0 Å². The van der Waals surface area contributed by atoms with Gasteiger partial charge < -0.3 is 16.3 Å². The maximum Gasteiger partial charge on any atom is 0.170 e. The number of nitrogens with two attached hydrogens (primary N) is 1. The quantitative estimate of drug-likeness (QED) is 0.346. The van der Waals surface area contributed by atoms with E-state index >= 15 is 0 Å². The first-order valence-electron chi connectivity index (χ1n) is 5.96. The molecule has 0 atom stereocenters. The molecule has 110 valence electrons. The lowest BCUT2D eigenvalue weighted by molar-refractivity contribution is 0.318. The first-order chi connectivity index (χ1) is 10.0. The molecule has 0 saturated heterocycles. The first-order valence-corrected chi connectivity index (χ1v) is 6.72. The lowest BCUT2D eigenvalue weighted by atomic mass is 10.1. The summed E-state index contributed by atoms with van der Waals surface area (Å²) in [6.45, 7) is 0.360. The summed E-state index contributed by atoms with van der Waals surface area (Å²) in [7, 11) is 0. The average molecular weight is 328 g/mol. The van der Waals surface area contributed by atoms with Gasteiger partial charge in [0.2, 0.25) is 0 Å². The number of nitrogens with zero attached hydrogens (tertiary/aromatic N) is 1. The first kappa shape index (κ1) is 15.4. The summed E-state index contributed by atoms with van der Waals surface area (Å²) in [5.41, 5.74) is 7.24. The zero-order valence-corrected chi connectivity index (χ0v) is 12.3. The molecule has 2 aromatic rings. The molecule has 2 aromatic carbocycles. The molecule has 2 rings (SSSR count). The molecule has 0 saturated carbocycles. The van der Waals surface area contributed by atoms with Crippen molar-refractivity contribution in [1.82, 2.24) is 0 Å². The van der Waals surface area contributed by atoms with Crippen molar-refractivity contribution < 1.29 is 9.60 Å². The standard InChI is InChI=1S/C14H12Cl2FN3O/c15-11-4-3-10(17)6-13(11)19-7-9-2-1-8(5-12(9)16)14(18)20-21/h1-6,19,21H,7H2,(H2,18,20). The number of hydrogen-bond donors (Lipinski definition) is 3. The highest BCUT2D eigenvalue weighted by Crippen LogP contribution is 2.24. The van der Waals surface area contributed by atoms with Crippen LogP contribution >= 0.6 is 23.2 Å². The van der Waals surface area contributed by atoms with Crippen LogP contribution in [0.2, 0.25) is 10.0 Å². The third-order valence-electron chi connectivity index (χ3n) is 2.85. The molecule has 4 nitrogen and oxygen atoms in total. The topological polar surface area (TPSA) is 70.6 Å². The smallest absolute Gasteiger partial charge is 0.170 e. The van der Waals surface area contributed by atoms with Gasteiger partial charge in [0.1, 0.15) is 5.82 Å². The maximum absolute atomic E-state index is 13.2. The second kappa shape index (κ2) is 6.65. The molecular weight excluding hydrogens is 316 g/mol. The summed E-state index contributed by atoms with van der Waals surface area (Å²) in [6.07, 6.45) is 0. The van der Waals surface area contributed by atoms with E-state index in [-0.39, 0.29) is 11.7 Å². The minimum atomic E-state index is -0.379. The zero-order valence-electron chi connectivity index (χ0n) is 10.8. The molecule has 0 aliphatic rings. The molecule has 0 bridgehead atoms. The molecule has 0 fully saturated rings. The molecule has 21 heavy (non-hydrogen) atoms. The Bertz CT molecular complexity index is 692. The minimum absolute atomic E-state index is 0.0235. The number of nitrogens with one attached hydrogen (secondary N) is 1. The predicted molar refractivity (Wildman–Crippen MR) is 82.7 cm³/mol. The van der Waals surface area contributed by atoms with Crippen LogP contribution in [-0.2, 0) is 6.54 Å². The van der Waals surface area contributed by atoms with E-state index in [1.807, 2.05) is 0 Å². The number of oxime groups is 1. The Kier molecular flexibility index (Phi) is 4.88. The highest BCUT2D eigenvalue weighted by atomic mass is 35.5. The van der Waals surface area contributed by atoms with E-state index in [1.165, 1.54) is 18.2 Å². The van der Waals surface area contributed by atoms with Gasteiger partial charge in [-0.2, -0.15) is 0 Å². The number of rotatable bonds is 4. The van der Waals surface area contributed by atoms with E-state index in [2.05, 4.69) is 10.5 Å². The Morgan fingerprint density at radius 2 is 1.95 bits per heavy atom. The van der Waals surface area contributed by atoms with E-state index < -0.39 is 0 Å². The van der Waals surface area contributed by atoms with E-state index in [0.29, 0.717) is 27.8 Å². The SMILES string of the molecule is N/C(=N/O)c1ccc(CNc2cc(F)ccc2Cl)c(Cl)c1. The lowest BCUT2D eigenvalue weighted by Gasteiger charge is -2.10. The van der Waals surface area contributed by atoms with Crippen LogP contribution in [0.1, 0.15) is 11.1 Å². The van der Waals surface area contributed by atoms with Crippen molar-refractivity contribution in [3.63, 3.8) is 0 Å². The van der Waals surface area contributed by atoms with Crippen LogP contribution in [0.5, 0.6) is 0 Å². The molecular formula is C14H12Cl2FN3O. The molecule has 0 aliphatic carbocycles. The van der Waals surface area contributed by atoms with Crippen molar-refractivity contribution in [3.05, 3.63) is 63.4 Å². The normalized spacial score (nSPS) is 11.5. The number of anilines is 1. The van der Waals surface area contributed by atoms with E-state index in [9.17, 15) is 4.39 Å². The Balaban J connectivity index is 2.15. The predicted octanol–water partition coefficient (Wildman–Crippen LogP) is 3.84. The van der Waals surface area contributed by atoms with Gasteiger partial charge >= 0.3 is 0 Å². The van der Waals surface area contributed by atoms with Gasteiger partial charge in [-0.1, -0.05) is 40.5 Å². The molecule has 7 heteroatoms. The van der Waals surface area contributed by atoms with Crippen molar-refractivity contribution in [2.75, 3.05) is 5.32 Å². The number of amidine groups is 1. The summed E-state index contributed by atoms with van der Waals surface area (Å²) in [6, 6.07) is 9.05. The van der Waals surface area contributed by atoms with Crippen LogP contribution in [0.25, 0.3) is 0 Å². The van der Waals surface area contributed by atoms with E-state index in [1.54, 1.807) is 18.2 Å². The second-order valence-electron chi connectivity index (χ2n) is 4.27. The van der Waals surface area contributed by atoms with Crippen molar-refractivity contribution in [2.24, 2.45) is 10.9 Å². The Morgan fingerprint density at radius 1 is 1.19 bits per heavy atom. The Labute approximate surface area is 131 Å². The largest absolute Gasteiger partial charge is 0.409 e. The van der Waals surface area contributed by atoms with Crippen LogP contribution in [0.4, 0.5) is 10.1 Å². The van der Waals surface area contributed by atoms with Gasteiger partial charge in [0.05, 0.1) is 10.7 Å². The summed E-state index contributed by atoms with van der Waals surface area (Å²) in [5.74, 6) is -0.403. The fourth-order valence-electron chi connectivity index (χ4n) is 1.73. The molecule has 0 heterocycles. The molecule has 4 N–H and O–H groups in total. The number of hydrogen-bond acceptors (Lipinski definition) is 3. The van der Waals surface area contributed by atoms with Crippen molar-refractivity contribution in [2.45, 2.75) is 6.54 Å². The van der Waals surface area contributed by atoms with Crippen LogP contribution in [-0.4, -0.2) is 11.0 Å². The monoisotopic (exact) mass is 327 g/mol. The fourth-order valence-corrected chi connectivity index (χ4v) is 2.16. The molecule has 0 amide bonds. The molecule has 0 radical (unpaired) electrons. The molecule has 0 aliphatic heterocycles. The molecule has 0 unspecified atom stereocenters. The van der Waals surface area contributed by atoms with E-state index in [0.717, 1.165) is 5.56 Å². The van der Waals surface area contributed by atoms with Crippen molar-refractivity contribution in [1.29, 1.82) is 0 Å². The molecule has 0 aromatic heterocycles. The Morgan fingerprint density at radius 3 is 2.62 bits per heavy atom. The van der Waals surface area contributed by atoms with Gasteiger partial charge in [0, 0.05) is 17.1 Å². The van der Waals surface area contributed by atoms with Gasteiger partial charge in [0.15, 0.2) is 5.84 Å². The number of halogens is 3. The van der Waals surface area contributed by atoms with Crippen LogP contribution in [0, 0.1) is 5.82 Å². The minimum Gasteiger partial charge on any atom is -0.409 e. The van der Waals surface area contributed by atoms with Gasteiger partial charge in [0.25, 0.3) is 0 Å². The summed E-state index contributed by atoms with van der Waals surface area (Å²) < 4.78 is 13.2.